The molecule has 9 nitrogen and oxygen atoms in total. The number of benzene rings is 2. The van der Waals surface area contributed by atoms with Gasteiger partial charge in [-0.2, -0.15) is 0 Å². The van der Waals surface area contributed by atoms with Gasteiger partial charge in [0.1, 0.15) is 11.7 Å². The van der Waals surface area contributed by atoms with Crippen molar-refractivity contribution in [1.29, 1.82) is 0 Å². The van der Waals surface area contributed by atoms with Crippen LogP contribution in [0.1, 0.15) is 31.4 Å². The zero-order valence-corrected chi connectivity index (χ0v) is 24.7. The van der Waals surface area contributed by atoms with Gasteiger partial charge in [0.2, 0.25) is 11.9 Å². The summed E-state index contributed by atoms with van der Waals surface area (Å²) >= 11 is 7.58. The predicted molar refractivity (Wildman–Crippen MR) is 159 cm³/mol. The molecular weight excluding hydrogens is 564 g/mol. The summed E-state index contributed by atoms with van der Waals surface area (Å²) < 4.78 is 18.9. The van der Waals surface area contributed by atoms with E-state index in [1.54, 1.807) is 30.2 Å². The largest absolute Gasteiger partial charge is 0.493 e. The highest BCUT2D eigenvalue weighted by Gasteiger charge is 2.42. The second-order valence-electron chi connectivity index (χ2n) is 9.67. The van der Waals surface area contributed by atoms with Gasteiger partial charge in [0.05, 0.1) is 23.4 Å². The van der Waals surface area contributed by atoms with E-state index >= 15 is 0 Å². The lowest BCUT2D eigenvalue weighted by Gasteiger charge is -2.31. The van der Waals surface area contributed by atoms with Crippen molar-refractivity contribution in [1.82, 2.24) is 14.5 Å². The molecule has 1 aliphatic rings. The normalized spacial score (nSPS) is 17.3. The molecule has 41 heavy (non-hydrogen) atoms. The average molecular weight is 595 g/mol. The first-order valence-electron chi connectivity index (χ1n) is 13.1. The molecule has 1 saturated heterocycles. The van der Waals surface area contributed by atoms with Crippen LogP contribution in [0.25, 0.3) is 16.3 Å². The molecule has 2 amide bonds. The molecular formula is C30H31ClN4O5S. The number of thiophene rings is 1. The van der Waals surface area contributed by atoms with Gasteiger partial charge in [0, 0.05) is 25.0 Å². The number of amides is 2. The van der Waals surface area contributed by atoms with Crippen molar-refractivity contribution in [2.24, 2.45) is 0 Å². The number of hydrogen-bond acceptors (Lipinski definition) is 7. The monoisotopic (exact) mass is 594 g/mol. The molecule has 0 bridgehead atoms. The molecule has 2 aromatic carbocycles. The number of likely N-dealkylation sites (tertiary alicyclic amines) is 1. The zero-order valence-electron chi connectivity index (χ0n) is 23.2. The van der Waals surface area contributed by atoms with E-state index in [-0.39, 0.29) is 17.9 Å². The lowest BCUT2D eigenvalue weighted by molar-refractivity contribution is -0.148. The number of halogens is 1. The molecule has 1 fully saturated rings. The topological polar surface area (TPSA) is 94.9 Å². The molecule has 2 aromatic heterocycles. The summed E-state index contributed by atoms with van der Waals surface area (Å²) in [4.78, 5) is 34.9. The van der Waals surface area contributed by atoms with Crippen LogP contribution in [0, 0.1) is 0 Å². The first-order chi connectivity index (χ1) is 19.8. The van der Waals surface area contributed by atoms with Gasteiger partial charge in [-0.3, -0.25) is 19.5 Å². The smallest absolute Gasteiger partial charge is 0.257 e. The first kappa shape index (κ1) is 28.7. The number of nitrogens with one attached hydrogen (secondary N) is 1. The Balaban J connectivity index is 1.43. The van der Waals surface area contributed by atoms with Gasteiger partial charge in [-0.05, 0) is 61.7 Å². The van der Waals surface area contributed by atoms with Gasteiger partial charge in [0.25, 0.3) is 5.91 Å². The fourth-order valence-corrected chi connectivity index (χ4v) is 6.16. The van der Waals surface area contributed by atoms with E-state index in [1.165, 1.54) is 25.6 Å². The van der Waals surface area contributed by atoms with Crippen LogP contribution in [-0.4, -0.2) is 59.7 Å². The molecule has 214 valence electrons. The Kier molecular flexibility index (Phi) is 8.63. The van der Waals surface area contributed by atoms with Crippen LogP contribution in [0.5, 0.6) is 11.5 Å². The second-order valence-corrected chi connectivity index (χ2v) is 11.4. The number of para-hydroxylation sites is 1. The highest BCUT2D eigenvalue weighted by atomic mass is 35.5. The summed E-state index contributed by atoms with van der Waals surface area (Å²) in [7, 11) is 4.56. The summed E-state index contributed by atoms with van der Waals surface area (Å²) in [5, 5.41) is 3.00. The number of rotatable bonds is 9. The number of methoxy groups -OCH3 is 3. The molecule has 0 aliphatic carbocycles. The Morgan fingerprint density at radius 3 is 2.44 bits per heavy atom. The number of ether oxygens (including phenoxy) is 3. The van der Waals surface area contributed by atoms with E-state index in [4.69, 9.17) is 30.8 Å². The van der Waals surface area contributed by atoms with Gasteiger partial charge >= 0.3 is 0 Å². The average Bonchev–Trinajstić information content (AvgIpc) is 3.71. The Morgan fingerprint density at radius 1 is 1.02 bits per heavy atom. The Hall–Kier alpha value is -3.86. The van der Waals surface area contributed by atoms with E-state index < -0.39 is 12.1 Å². The molecule has 0 spiro atoms. The molecule has 1 N–H and O–H groups in total. The quantitative estimate of drug-likeness (QED) is 0.256. The van der Waals surface area contributed by atoms with Crippen molar-refractivity contribution in [3.05, 3.63) is 76.8 Å². The summed E-state index contributed by atoms with van der Waals surface area (Å²) in [5.74, 6) is 0.770. The van der Waals surface area contributed by atoms with Gasteiger partial charge in [-0.25, -0.2) is 4.98 Å². The van der Waals surface area contributed by atoms with Gasteiger partial charge < -0.3 is 19.1 Å². The second kappa shape index (κ2) is 12.3. The number of anilines is 1. The lowest BCUT2D eigenvalue weighted by atomic mass is 10.1. The van der Waals surface area contributed by atoms with E-state index in [0.717, 1.165) is 10.6 Å². The van der Waals surface area contributed by atoms with Gasteiger partial charge in [-0.1, -0.05) is 35.9 Å². The molecule has 3 unspecified atom stereocenters. The molecule has 0 radical (unpaired) electrons. The standard InChI is InChI=1S/C30H31ClN4O5S/c1-18-10-12-22(35(18)29(37)27(40-4)19-11-13-23(38-2)24(16-19)39-3)28(36)33-30-32-21(25-14-15-26(31)41-25)17-34(30)20-8-6-5-7-9-20/h5-9,11,13-18,22,27H,10,12H2,1-4H3,(H,32,33,36). The van der Waals surface area contributed by atoms with Crippen LogP contribution < -0.4 is 14.8 Å². The van der Waals surface area contributed by atoms with Crippen molar-refractivity contribution >= 4 is 40.7 Å². The van der Waals surface area contributed by atoms with Crippen molar-refractivity contribution in [3.63, 3.8) is 0 Å². The number of carbonyl (C=O) groups excluding carboxylic acids is 2. The molecule has 4 aromatic rings. The van der Waals surface area contributed by atoms with Crippen molar-refractivity contribution in [3.8, 4) is 27.8 Å². The maximum absolute atomic E-state index is 13.9. The molecule has 0 saturated carbocycles. The van der Waals surface area contributed by atoms with Crippen LogP contribution in [0.3, 0.4) is 0 Å². The van der Waals surface area contributed by atoms with Crippen LogP contribution >= 0.6 is 22.9 Å². The van der Waals surface area contributed by atoms with Crippen LogP contribution in [-0.2, 0) is 14.3 Å². The van der Waals surface area contributed by atoms with Crippen molar-refractivity contribution < 1.29 is 23.8 Å². The highest BCUT2D eigenvalue weighted by Crippen LogP contribution is 2.35. The van der Waals surface area contributed by atoms with Crippen molar-refractivity contribution in [2.75, 3.05) is 26.6 Å². The Labute approximate surface area is 247 Å². The fourth-order valence-electron chi connectivity index (χ4n) is 5.16. The van der Waals surface area contributed by atoms with E-state index in [9.17, 15) is 9.59 Å². The summed E-state index contributed by atoms with van der Waals surface area (Å²) in [6.45, 7) is 1.94. The first-order valence-corrected chi connectivity index (χ1v) is 14.3. The third-order valence-corrected chi connectivity index (χ3v) is 8.45. The minimum absolute atomic E-state index is 0.159. The molecule has 11 heteroatoms. The third kappa shape index (κ3) is 5.81. The maximum Gasteiger partial charge on any atom is 0.257 e. The Morgan fingerprint density at radius 2 is 1.78 bits per heavy atom. The molecule has 1 aliphatic heterocycles. The third-order valence-electron chi connectivity index (χ3n) is 7.20. The summed E-state index contributed by atoms with van der Waals surface area (Å²) in [5.41, 5.74) is 2.12. The molecule has 5 rings (SSSR count). The van der Waals surface area contributed by atoms with Gasteiger partial charge in [-0.15, -0.1) is 11.3 Å². The predicted octanol–water partition coefficient (Wildman–Crippen LogP) is 5.98. The van der Waals surface area contributed by atoms with E-state index in [2.05, 4.69) is 5.32 Å². The van der Waals surface area contributed by atoms with Crippen LogP contribution in [0.4, 0.5) is 5.95 Å². The highest BCUT2D eigenvalue weighted by molar-refractivity contribution is 7.19. The maximum atomic E-state index is 13.9. The van der Waals surface area contributed by atoms with E-state index in [0.29, 0.717) is 45.9 Å². The minimum Gasteiger partial charge on any atom is -0.493 e. The number of nitrogens with zero attached hydrogens (tertiary/aromatic N) is 3. The SMILES string of the molecule is COc1ccc(C(OC)C(=O)N2C(C)CCC2C(=O)Nc2nc(-c3ccc(Cl)s3)cn2-c2ccccc2)cc1OC. The molecule has 3 heterocycles. The van der Waals surface area contributed by atoms with Crippen LogP contribution in [0.2, 0.25) is 4.34 Å². The van der Waals surface area contributed by atoms with Crippen molar-refractivity contribution in [2.45, 2.75) is 38.0 Å². The lowest BCUT2D eigenvalue weighted by Crippen LogP contribution is -2.48. The van der Waals surface area contributed by atoms with Crippen LogP contribution in [0.15, 0.2) is 66.9 Å². The number of imidazole rings is 1. The number of carbonyl (C=O) groups is 2. The fraction of sp³-hybridized carbons (Fsp3) is 0.300. The Bertz CT molecular complexity index is 1540. The van der Waals surface area contributed by atoms with Gasteiger partial charge in [0.15, 0.2) is 17.6 Å². The van der Waals surface area contributed by atoms with E-state index in [1.807, 2.05) is 60.2 Å². The summed E-state index contributed by atoms with van der Waals surface area (Å²) in [6.07, 6.45) is 2.14. The summed E-state index contributed by atoms with van der Waals surface area (Å²) in [6, 6.07) is 17.7. The number of hydrogen-bond donors (Lipinski definition) is 1. The number of aromatic nitrogens is 2. The minimum atomic E-state index is -0.924. The zero-order chi connectivity index (χ0) is 29.1. The molecule has 3 atom stereocenters.